The molecule has 2 nitrogen and oxygen atoms in total. The van der Waals surface area contributed by atoms with Gasteiger partial charge in [-0.1, -0.05) is 0 Å². The zero-order chi connectivity index (χ0) is 59.1. The standard InChI is InChI=1S/3C8H4F13.C7H4NO.Sn/c3*1-2-3(9,10)4(11,12)5(13,14)6(15,16)7(17,18)8(19,20)21;9-6-8-7-4-2-1-3-5-7;/h3*1-2H2;1-2,4-5H;. The molecule has 0 atom stereocenters. The first-order valence-corrected chi connectivity index (χ1v) is 24.9. The topological polar surface area (TPSA) is 29.4 Å². The SMILES string of the molecule is O=C=Nc1ccc[c]([Sn]([CH2]CC(F)(F)C(F)(F)C(F)(F)C(F)(F)C(F)(F)C(F)(F)F)([CH2]CC(F)(F)C(F)(F)C(F)(F)C(F)(F)C(F)(F)C(F)(F)F)[CH2]CC(F)(F)C(F)(F)C(F)(F)C(F)(F)C(F)(F)C(F)(F)F)c1. The number of hydrogen-bond donors (Lipinski definition) is 0. The monoisotopic (exact) mass is 1280 g/mol. The fourth-order valence-corrected chi connectivity index (χ4v) is 19.8. The van der Waals surface area contributed by atoms with Gasteiger partial charge in [-0.25, -0.2) is 0 Å². The Kier molecular flexibility index (Phi) is 17.6. The van der Waals surface area contributed by atoms with Gasteiger partial charge in [-0.15, -0.1) is 0 Å². The van der Waals surface area contributed by atoms with Crippen LogP contribution >= 0.6 is 0 Å². The van der Waals surface area contributed by atoms with E-state index in [0.29, 0.717) is 6.08 Å². The molecule has 0 aliphatic heterocycles. The first-order valence-electron chi connectivity index (χ1n) is 17.5. The zero-order valence-electron chi connectivity index (χ0n) is 33.1. The molecule has 1 rings (SSSR count). The van der Waals surface area contributed by atoms with Crippen molar-refractivity contribution in [3.05, 3.63) is 24.3 Å². The molecule has 1 aromatic rings. The van der Waals surface area contributed by atoms with Crippen molar-refractivity contribution in [3.8, 4) is 0 Å². The van der Waals surface area contributed by atoms with E-state index in [4.69, 9.17) is 0 Å². The Hall–Kier alpha value is -3.33. The van der Waals surface area contributed by atoms with Gasteiger partial charge in [0.25, 0.3) is 0 Å². The predicted octanol–water partition coefficient (Wildman–Crippen LogP) is 15.7. The molecule has 0 radical (unpaired) electrons. The number of halogens is 39. The molecule has 0 N–H and O–H groups in total. The van der Waals surface area contributed by atoms with E-state index in [2.05, 4.69) is 4.99 Å². The summed E-state index contributed by atoms with van der Waals surface area (Å²) in [5.41, 5.74) is -1.47. The Morgan fingerprint density at radius 2 is 0.548 bits per heavy atom. The van der Waals surface area contributed by atoms with Gasteiger partial charge < -0.3 is 0 Å². The quantitative estimate of drug-likeness (QED) is 0.0465. The van der Waals surface area contributed by atoms with Gasteiger partial charge >= 0.3 is 379 Å². The van der Waals surface area contributed by atoms with E-state index in [9.17, 15) is 150 Å². The van der Waals surface area contributed by atoms with Crippen molar-refractivity contribution < 1.29 is 176 Å². The van der Waals surface area contributed by atoms with Gasteiger partial charge in [-0.05, 0) is 0 Å². The first kappa shape index (κ1) is 67.7. The Labute approximate surface area is 379 Å². The molecule has 0 unspecified atom stereocenters. The van der Waals surface area contributed by atoms with Crippen LogP contribution in [0.5, 0.6) is 0 Å². The van der Waals surface area contributed by atoms with Crippen LogP contribution < -0.4 is 3.58 Å². The summed E-state index contributed by atoms with van der Waals surface area (Å²) in [7, 11) is 0. The minimum absolute atomic E-state index is 0.0147. The van der Waals surface area contributed by atoms with Crippen LogP contribution in [0, 0.1) is 0 Å². The number of alkyl halides is 39. The molecule has 428 valence electrons. The van der Waals surface area contributed by atoms with E-state index in [0.717, 1.165) is 0 Å². The molecule has 1 aromatic carbocycles. The van der Waals surface area contributed by atoms with Gasteiger partial charge in [-0.2, -0.15) is 0 Å². The molecule has 0 amide bonds. The van der Waals surface area contributed by atoms with Gasteiger partial charge in [-0.3, -0.25) is 0 Å². The normalized spacial score (nSPS) is 16.2. The molecule has 0 aliphatic carbocycles. The first-order chi connectivity index (χ1) is 31.4. The number of benzene rings is 1. The molecule has 0 saturated carbocycles. The Morgan fingerprint density at radius 1 is 0.329 bits per heavy atom. The fraction of sp³-hybridized carbons (Fsp3) is 0.774. The molecule has 73 heavy (non-hydrogen) atoms. The van der Waals surface area contributed by atoms with Crippen LogP contribution in [0.15, 0.2) is 29.3 Å². The average Bonchev–Trinajstić information content (AvgIpc) is 3.18. The van der Waals surface area contributed by atoms with Gasteiger partial charge in [0.2, 0.25) is 0 Å². The molecule has 0 heterocycles. The second kappa shape index (κ2) is 19.0. The Morgan fingerprint density at radius 3 is 0.753 bits per heavy atom. The van der Waals surface area contributed by atoms with Crippen molar-refractivity contribution in [1.82, 2.24) is 0 Å². The van der Waals surface area contributed by atoms with Crippen LogP contribution in [0.4, 0.5) is 177 Å². The van der Waals surface area contributed by atoms with Crippen LogP contribution in [0.3, 0.4) is 0 Å². The number of hydrogen-bond acceptors (Lipinski definition) is 2. The summed E-state index contributed by atoms with van der Waals surface area (Å²) in [5, 5.41) is 0. The van der Waals surface area contributed by atoms with Gasteiger partial charge in [0, 0.05) is 0 Å². The molecular formula is C31H16F39NOSn. The Bertz CT molecular complexity index is 1950. The summed E-state index contributed by atoms with van der Waals surface area (Å²) in [6.45, 7) is 0. The third-order valence-corrected chi connectivity index (χ3v) is 25.1. The summed E-state index contributed by atoms with van der Waals surface area (Å²) in [5.74, 6) is -128. The van der Waals surface area contributed by atoms with Crippen molar-refractivity contribution in [3.63, 3.8) is 0 Å². The fourth-order valence-electron chi connectivity index (χ4n) is 5.83. The summed E-state index contributed by atoms with van der Waals surface area (Å²) in [4.78, 5) is 13.3. The number of isocyanates is 1. The minimum atomic E-state index is -8.92. The predicted molar refractivity (Wildman–Crippen MR) is 160 cm³/mol. The van der Waals surface area contributed by atoms with E-state index in [1.54, 1.807) is 0 Å². The summed E-state index contributed by atoms with van der Waals surface area (Å²) < 4.78 is 530. The molecule has 0 aromatic heterocycles. The van der Waals surface area contributed by atoms with Crippen LogP contribution in [-0.2, 0) is 4.79 Å². The van der Waals surface area contributed by atoms with Crippen molar-refractivity contribution in [2.75, 3.05) is 0 Å². The van der Waals surface area contributed by atoms with Crippen LogP contribution in [0.2, 0.25) is 13.3 Å². The number of nitrogens with zero attached hydrogens (tertiary/aromatic N) is 1. The maximum atomic E-state index is 15.1. The summed E-state index contributed by atoms with van der Waals surface area (Å²) in [6, 6.07) is -0.515. The Balaban J connectivity index is 4.56. The molecular weight excluding hydrogens is 1260 g/mol. The zero-order valence-corrected chi connectivity index (χ0v) is 36.0. The molecule has 0 spiro atoms. The van der Waals surface area contributed by atoms with Gasteiger partial charge in [0.05, 0.1) is 0 Å². The third-order valence-electron chi connectivity index (χ3n) is 10.4. The summed E-state index contributed by atoms with van der Waals surface area (Å²) >= 11 is -8.40. The van der Waals surface area contributed by atoms with Crippen molar-refractivity contribution >= 4 is 33.7 Å². The van der Waals surface area contributed by atoms with Crippen molar-refractivity contribution in [1.29, 1.82) is 0 Å². The second-order valence-electron chi connectivity index (χ2n) is 15.0. The second-order valence-corrected chi connectivity index (χ2v) is 28.3. The van der Waals surface area contributed by atoms with Crippen LogP contribution in [0.25, 0.3) is 0 Å². The van der Waals surface area contributed by atoms with E-state index in [1.807, 2.05) is 0 Å². The summed E-state index contributed by atoms with van der Waals surface area (Å²) in [6.07, 6.45) is -36.4. The van der Waals surface area contributed by atoms with Crippen LogP contribution in [0.1, 0.15) is 19.3 Å². The van der Waals surface area contributed by atoms with E-state index in [1.165, 1.54) is 0 Å². The third kappa shape index (κ3) is 10.4. The molecule has 0 bridgehead atoms. The number of aliphatic imine (C=N–C) groups is 1. The molecule has 0 fully saturated rings. The van der Waals surface area contributed by atoms with E-state index < -0.39 is 174 Å². The van der Waals surface area contributed by atoms with E-state index in [-0.39, 0.29) is 18.2 Å². The molecule has 42 heteroatoms. The van der Waals surface area contributed by atoms with Crippen molar-refractivity contribution in [2.45, 2.75) is 140 Å². The molecule has 0 aliphatic rings. The molecule has 0 saturated heterocycles. The number of rotatable bonds is 23. The van der Waals surface area contributed by atoms with Crippen LogP contribution in [-0.4, -0.2) is 132 Å². The van der Waals surface area contributed by atoms with E-state index >= 15 is 26.3 Å². The van der Waals surface area contributed by atoms with Gasteiger partial charge in [0.15, 0.2) is 0 Å². The number of carbonyl (C=O) groups excluding carboxylic acids is 1. The maximum absolute atomic E-state index is 15.1. The average molecular weight is 1280 g/mol. The van der Waals surface area contributed by atoms with Crippen molar-refractivity contribution in [2.24, 2.45) is 4.99 Å². The van der Waals surface area contributed by atoms with Gasteiger partial charge in [0.1, 0.15) is 0 Å².